The SMILES string of the molecule is CCC(C)(C)C(=O)OCCNCC(C)C(F)(F)F. The van der Waals surface area contributed by atoms with Crippen molar-refractivity contribution in [2.45, 2.75) is 40.3 Å². The van der Waals surface area contributed by atoms with Crippen molar-refractivity contribution in [3.05, 3.63) is 0 Å². The molecule has 0 aromatic heterocycles. The molecule has 0 aromatic carbocycles. The Kier molecular flexibility index (Phi) is 6.67. The average Bonchev–Trinajstić information content (AvgIpc) is 2.26. The zero-order valence-corrected chi connectivity index (χ0v) is 11.4. The summed E-state index contributed by atoms with van der Waals surface area (Å²) in [6.07, 6.45) is -3.53. The molecular weight excluding hydrogens is 247 g/mol. The van der Waals surface area contributed by atoms with Crippen LogP contribution < -0.4 is 5.32 Å². The highest BCUT2D eigenvalue weighted by atomic mass is 19.4. The molecule has 0 aliphatic heterocycles. The summed E-state index contributed by atoms with van der Waals surface area (Å²) in [6, 6.07) is 0. The van der Waals surface area contributed by atoms with Crippen molar-refractivity contribution in [2.75, 3.05) is 19.7 Å². The number of hydrogen-bond acceptors (Lipinski definition) is 3. The summed E-state index contributed by atoms with van der Waals surface area (Å²) in [6.45, 7) is 6.68. The molecule has 0 rings (SSSR count). The van der Waals surface area contributed by atoms with E-state index >= 15 is 0 Å². The maximum Gasteiger partial charge on any atom is 0.392 e. The molecule has 0 aliphatic rings. The number of nitrogens with one attached hydrogen (secondary N) is 1. The van der Waals surface area contributed by atoms with Crippen LogP contribution in [0.3, 0.4) is 0 Å². The second-order valence-corrected chi connectivity index (χ2v) is 5.02. The van der Waals surface area contributed by atoms with Gasteiger partial charge in [0.15, 0.2) is 0 Å². The molecule has 0 radical (unpaired) electrons. The van der Waals surface area contributed by atoms with Crippen LogP contribution in [0.4, 0.5) is 13.2 Å². The molecule has 0 heterocycles. The highest BCUT2D eigenvalue weighted by molar-refractivity contribution is 5.75. The monoisotopic (exact) mass is 269 g/mol. The Bertz CT molecular complexity index is 265. The second kappa shape index (κ2) is 6.97. The van der Waals surface area contributed by atoms with Gasteiger partial charge in [0.05, 0.1) is 11.3 Å². The van der Waals surface area contributed by atoms with E-state index in [1.165, 1.54) is 0 Å². The van der Waals surface area contributed by atoms with Crippen LogP contribution in [0.15, 0.2) is 0 Å². The lowest BCUT2D eigenvalue weighted by Crippen LogP contribution is -2.34. The molecule has 1 atom stereocenters. The van der Waals surface area contributed by atoms with E-state index in [1.54, 1.807) is 13.8 Å². The quantitative estimate of drug-likeness (QED) is 0.570. The van der Waals surface area contributed by atoms with Crippen LogP contribution in [0, 0.1) is 11.3 Å². The number of esters is 1. The van der Waals surface area contributed by atoms with Crippen LogP contribution >= 0.6 is 0 Å². The van der Waals surface area contributed by atoms with Gasteiger partial charge in [-0.1, -0.05) is 13.8 Å². The number of halogens is 3. The lowest BCUT2D eigenvalue weighted by Gasteiger charge is -2.20. The van der Waals surface area contributed by atoms with Crippen LogP contribution in [-0.4, -0.2) is 31.8 Å². The first-order chi connectivity index (χ1) is 8.11. The van der Waals surface area contributed by atoms with Gasteiger partial charge in [0.25, 0.3) is 0 Å². The second-order valence-electron chi connectivity index (χ2n) is 5.02. The highest BCUT2D eigenvalue weighted by Crippen LogP contribution is 2.24. The zero-order chi connectivity index (χ0) is 14.4. The van der Waals surface area contributed by atoms with E-state index in [0.717, 1.165) is 6.92 Å². The summed E-state index contributed by atoms with van der Waals surface area (Å²) < 4.78 is 41.5. The Hall–Kier alpha value is -0.780. The molecular formula is C12H22F3NO2. The molecule has 0 aromatic rings. The Morgan fingerprint density at radius 1 is 1.33 bits per heavy atom. The smallest absolute Gasteiger partial charge is 0.392 e. The van der Waals surface area contributed by atoms with E-state index in [2.05, 4.69) is 5.32 Å². The number of alkyl halides is 3. The van der Waals surface area contributed by atoms with Gasteiger partial charge in [-0.3, -0.25) is 4.79 Å². The van der Waals surface area contributed by atoms with Gasteiger partial charge < -0.3 is 10.1 Å². The summed E-state index contributed by atoms with van der Waals surface area (Å²) in [7, 11) is 0. The van der Waals surface area contributed by atoms with Crippen LogP contribution in [-0.2, 0) is 9.53 Å². The number of hydrogen-bond donors (Lipinski definition) is 1. The first-order valence-corrected chi connectivity index (χ1v) is 6.06. The van der Waals surface area contributed by atoms with Crippen molar-refractivity contribution < 1.29 is 22.7 Å². The minimum absolute atomic E-state index is 0.0901. The summed E-state index contributed by atoms with van der Waals surface area (Å²) >= 11 is 0. The molecule has 6 heteroatoms. The zero-order valence-electron chi connectivity index (χ0n) is 11.4. The van der Waals surface area contributed by atoms with E-state index in [9.17, 15) is 18.0 Å². The topological polar surface area (TPSA) is 38.3 Å². The predicted molar refractivity (Wildman–Crippen MR) is 63.1 cm³/mol. The van der Waals surface area contributed by atoms with Gasteiger partial charge in [0.1, 0.15) is 6.61 Å². The van der Waals surface area contributed by atoms with Gasteiger partial charge in [-0.05, 0) is 20.3 Å². The highest BCUT2D eigenvalue weighted by Gasteiger charge is 2.35. The van der Waals surface area contributed by atoms with Gasteiger partial charge in [-0.15, -0.1) is 0 Å². The first kappa shape index (κ1) is 17.2. The van der Waals surface area contributed by atoms with Crippen molar-refractivity contribution in [1.82, 2.24) is 5.32 Å². The summed E-state index contributed by atoms with van der Waals surface area (Å²) in [5.74, 6) is -1.73. The molecule has 1 unspecified atom stereocenters. The molecule has 3 nitrogen and oxygen atoms in total. The van der Waals surface area contributed by atoms with E-state index < -0.39 is 17.5 Å². The number of rotatable bonds is 7. The molecule has 18 heavy (non-hydrogen) atoms. The molecule has 0 bridgehead atoms. The Morgan fingerprint density at radius 3 is 2.33 bits per heavy atom. The van der Waals surface area contributed by atoms with E-state index in [1.807, 2.05) is 6.92 Å². The Labute approximate surface area is 106 Å². The summed E-state index contributed by atoms with van der Waals surface area (Å²) in [5, 5.41) is 2.62. The number of ether oxygens (including phenoxy) is 1. The minimum atomic E-state index is -4.19. The summed E-state index contributed by atoms with van der Waals surface area (Å²) in [4.78, 5) is 11.5. The largest absolute Gasteiger partial charge is 0.464 e. The number of carbonyl (C=O) groups excluding carboxylic acids is 1. The van der Waals surface area contributed by atoms with Crippen molar-refractivity contribution >= 4 is 5.97 Å². The van der Waals surface area contributed by atoms with Crippen molar-refractivity contribution in [3.63, 3.8) is 0 Å². The molecule has 0 saturated heterocycles. The van der Waals surface area contributed by atoms with Crippen LogP contribution in [0.25, 0.3) is 0 Å². The molecule has 1 N–H and O–H groups in total. The van der Waals surface area contributed by atoms with Gasteiger partial charge in [0, 0.05) is 13.1 Å². The van der Waals surface area contributed by atoms with Crippen molar-refractivity contribution in [1.29, 1.82) is 0 Å². The minimum Gasteiger partial charge on any atom is -0.464 e. The van der Waals surface area contributed by atoms with Crippen LogP contribution in [0.1, 0.15) is 34.1 Å². The maximum atomic E-state index is 12.2. The third-order valence-corrected chi connectivity index (χ3v) is 2.96. The fourth-order valence-corrected chi connectivity index (χ4v) is 0.990. The maximum absolute atomic E-state index is 12.2. The molecule has 108 valence electrons. The van der Waals surface area contributed by atoms with Gasteiger partial charge >= 0.3 is 12.1 Å². The Morgan fingerprint density at radius 2 is 1.89 bits per heavy atom. The average molecular weight is 269 g/mol. The van der Waals surface area contributed by atoms with Gasteiger partial charge in [-0.25, -0.2) is 0 Å². The lowest BCUT2D eigenvalue weighted by molar-refractivity contribution is -0.168. The Balaban J connectivity index is 3.73. The molecule has 0 amide bonds. The van der Waals surface area contributed by atoms with Crippen molar-refractivity contribution in [2.24, 2.45) is 11.3 Å². The predicted octanol–water partition coefficient (Wildman–Crippen LogP) is 2.75. The molecule has 0 spiro atoms. The van der Waals surface area contributed by atoms with Gasteiger partial charge in [0.2, 0.25) is 0 Å². The van der Waals surface area contributed by atoms with Crippen molar-refractivity contribution in [3.8, 4) is 0 Å². The van der Waals surface area contributed by atoms with E-state index in [-0.39, 0.29) is 25.7 Å². The normalized spacial score (nSPS) is 14.4. The molecule has 0 saturated carbocycles. The third kappa shape index (κ3) is 6.23. The van der Waals surface area contributed by atoms with Crippen LogP contribution in [0.2, 0.25) is 0 Å². The fourth-order valence-electron chi connectivity index (χ4n) is 0.990. The van der Waals surface area contributed by atoms with E-state index in [4.69, 9.17) is 4.74 Å². The lowest BCUT2D eigenvalue weighted by atomic mass is 9.91. The van der Waals surface area contributed by atoms with E-state index in [0.29, 0.717) is 6.42 Å². The molecule has 0 fully saturated rings. The first-order valence-electron chi connectivity index (χ1n) is 6.06. The molecule has 0 aliphatic carbocycles. The van der Waals surface area contributed by atoms with Gasteiger partial charge in [-0.2, -0.15) is 13.2 Å². The number of carbonyl (C=O) groups is 1. The summed E-state index contributed by atoms with van der Waals surface area (Å²) in [5.41, 5.74) is -0.542. The fraction of sp³-hybridized carbons (Fsp3) is 0.917. The third-order valence-electron chi connectivity index (χ3n) is 2.96. The van der Waals surface area contributed by atoms with Crippen LogP contribution in [0.5, 0.6) is 0 Å². The standard InChI is InChI=1S/C12H22F3NO2/c1-5-11(3,4)10(17)18-7-6-16-8-9(2)12(13,14)15/h9,16H,5-8H2,1-4H3.